The van der Waals surface area contributed by atoms with Crippen molar-refractivity contribution in [2.24, 2.45) is 0 Å². The fourth-order valence-electron chi connectivity index (χ4n) is 2.37. The van der Waals surface area contributed by atoms with Crippen LogP contribution < -0.4 is 5.32 Å². The number of carbonyl (C=O) groups is 1. The molecule has 0 radical (unpaired) electrons. The summed E-state index contributed by atoms with van der Waals surface area (Å²) < 4.78 is 22.6. The van der Waals surface area contributed by atoms with E-state index in [9.17, 15) is 13.2 Å². The molecule has 0 heterocycles. The van der Waals surface area contributed by atoms with Crippen LogP contribution >= 0.6 is 0 Å². The zero-order valence-electron chi connectivity index (χ0n) is 14.1. The summed E-state index contributed by atoms with van der Waals surface area (Å²) in [5.41, 5.74) is 3.01. The number of nitrogens with zero attached hydrogens (tertiary/aromatic N) is 1. The maximum absolute atomic E-state index is 12.3. The number of benzene rings is 2. The molecular weight excluding hydrogens is 324 g/mol. The summed E-state index contributed by atoms with van der Waals surface area (Å²) in [6.07, 6.45) is 1.19. The van der Waals surface area contributed by atoms with Gasteiger partial charge in [0.1, 0.15) is 0 Å². The van der Waals surface area contributed by atoms with Crippen molar-refractivity contribution >= 4 is 21.4 Å². The van der Waals surface area contributed by atoms with Crippen molar-refractivity contribution in [3.8, 4) is 0 Å². The molecule has 5 nitrogen and oxygen atoms in total. The van der Waals surface area contributed by atoms with Crippen LogP contribution in [0.3, 0.4) is 0 Å². The van der Waals surface area contributed by atoms with Gasteiger partial charge < -0.3 is 10.2 Å². The fraction of sp³-hybridized carbons (Fsp3) is 0.278. The lowest BCUT2D eigenvalue weighted by Crippen LogP contribution is -2.13. The number of nitrogens with one attached hydrogen (secondary N) is 1. The van der Waals surface area contributed by atoms with Gasteiger partial charge in [-0.2, -0.15) is 0 Å². The molecule has 24 heavy (non-hydrogen) atoms. The van der Waals surface area contributed by atoms with Gasteiger partial charge in [-0.3, -0.25) is 4.79 Å². The van der Waals surface area contributed by atoms with Crippen LogP contribution in [0.1, 0.15) is 21.5 Å². The quantitative estimate of drug-likeness (QED) is 0.873. The Bertz CT molecular complexity index is 812. The van der Waals surface area contributed by atoms with E-state index in [4.69, 9.17) is 0 Å². The van der Waals surface area contributed by atoms with Crippen molar-refractivity contribution in [2.45, 2.75) is 12.3 Å². The standard InChI is InChI=1S/C18H22N2O3S/c1-20(2)12-15-5-4-6-17(11-15)19-18(21)16-9-7-14(8-10-16)13-24(3,22)23/h4-11H,12-13H2,1-3H3,(H,19,21). The van der Waals surface area contributed by atoms with Gasteiger partial charge in [-0.05, 0) is 49.5 Å². The first-order valence-electron chi connectivity index (χ1n) is 7.54. The van der Waals surface area contributed by atoms with Gasteiger partial charge in [0.05, 0.1) is 5.75 Å². The van der Waals surface area contributed by atoms with E-state index >= 15 is 0 Å². The van der Waals surface area contributed by atoms with Crippen molar-refractivity contribution in [1.82, 2.24) is 4.90 Å². The minimum absolute atomic E-state index is 0.0263. The molecule has 0 atom stereocenters. The molecule has 0 aromatic heterocycles. The van der Waals surface area contributed by atoms with Crippen LogP contribution in [-0.2, 0) is 22.1 Å². The molecule has 0 aliphatic carbocycles. The highest BCUT2D eigenvalue weighted by molar-refractivity contribution is 7.89. The summed E-state index contributed by atoms with van der Waals surface area (Å²) in [4.78, 5) is 14.4. The van der Waals surface area contributed by atoms with E-state index in [1.165, 1.54) is 6.26 Å². The first-order valence-corrected chi connectivity index (χ1v) is 9.61. The lowest BCUT2D eigenvalue weighted by Gasteiger charge is -2.11. The third-order valence-corrected chi connectivity index (χ3v) is 4.19. The number of sulfone groups is 1. The van der Waals surface area contributed by atoms with E-state index in [1.54, 1.807) is 24.3 Å². The van der Waals surface area contributed by atoms with Gasteiger partial charge in [-0.15, -0.1) is 0 Å². The molecule has 2 aromatic carbocycles. The van der Waals surface area contributed by atoms with Gasteiger partial charge in [-0.25, -0.2) is 8.42 Å². The molecule has 0 bridgehead atoms. The molecule has 128 valence electrons. The molecule has 0 spiro atoms. The first kappa shape index (κ1) is 18.2. The minimum atomic E-state index is -3.08. The second kappa shape index (κ2) is 7.59. The Labute approximate surface area is 143 Å². The van der Waals surface area contributed by atoms with Crippen molar-refractivity contribution in [3.63, 3.8) is 0 Å². The molecule has 2 rings (SSSR count). The van der Waals surface area contributed by atoms with E-state index in [0.29, 0.717) is 11.1 Å². The van der Waals surface area contributed by atoms with Gasteiger partial charge in [0.2, 0.25) is 0 Å². The number of hydrogen-bond donors (Lipinski definition) is 1. The molecule has 0 fully saturated rings. The molecule has 2 aromatic rings. The fourth-order valence-corrected chi connectivity index (χ4v) is 3.17. The molecule has 6 heteroatoms. The van der Waals surface area contributed by atoms with Gasteiger partial charge in [0.15, 0.2) is 9.84 Å². The molecule has 0 saturated carbocycles. The van der Waals surface area contributed by atoms with Crippen LogP contribution in [0.2, 0.25) is 0 Å². The highest BCUT2D eigenvalue weighted by Gasteiger charge is 2.09. The van der Waals surface area contributed by atoms with Crippen molar-refractivity contribution < 1.29 is 13.2 Å². The molecular formula is C18H22N2O3S. The number of anilines is 1. The Morgan fingerprint density at radius 3 is 2.29 bits per heavy atom. The lowest BCUT2D eigenvalue weighted by atomic mass is 10.1. The van der Waals surface area contributed by atoms with Crippen LogP contribution in [-0.4, -0.2) is 39.6 Å². The maximum atomic E-state index is 12.3. The maximum Gasteiger partial charge on any atom is 0.255 e. The van der Waals surface area contributed by atoms with Crippen molar-refractivity contribution in [1.29, 1.82) is 0 Å². The van der Waals surface area contributed by atoms with E-state index < -0.39 is 9.84 Å². The van der Waals surface area contributed by atoms with Crippen LogP contribution in [0.4, 0.5) is 5.69 Å². The third kappa shape index (κ3) is 5.79. The predicted octanol–water partition coefficient (Wildman–Crippen LogP) is 2.55. The Morgan fingerprint density at radius 2 is 1.71 bits per heavy atom. The highest BCUT2D eigenvalue weighted by atomic mass is 32.2. The summed E-state index contributed by atoms with van der Waals surface area (Å²) in [6.45, 7) is 0.796. The van der Waals surface area contributed by atoms with Gasteiger partial charge >= 0.3 is 0 Å². The van der Waals surface area contributed by atoms with Gasteiger partial charge in [0.25, 0.3) is 5.91 Å². The molecule has 0 aliphatic rings. The second-order valence-electron chi connectivity index (χ2n) is 6.16. The molecule has 0 aliphatic heterocycles. The summed E-state index contributed by atoms with van der Waals surface area (Å²) in [6, 6.07) is 14.3. The largest absolute Gasteiger partial charge is 0.322 e. The first-order chi connectivity index (χ1) is 11.2. The number of amides is 1. The van der Waals surface area contributed by atoms with Crippen molar-refractivity contribution in [2.75, 3.05) is 25.7 Å². The highest BCUT2D eigenvalue weighted by Crippen LogP contribution is 2.14. The van der Waals surface area contributed by atoms with Crippen LogP contribution in [0.15, 0.2) is 48.5 Å². The minimum Gasteiger partial charge on any atom is -0.322 e. The Kier molecular flexibility index (Phi) is 5.75. The number of rotatable bonds is 6. The van der Waals surface area contributed by atoms with Crippen LogP contribution in [0, 0.1) is 0 Å². The van der Waals surface area contributed by atoms with Gasteiger partial charge in [0, 0.05) is 24.1 Å². The van der Waals surface area contributed by atoms with E-state index in [1.807, 2.05) is 38.4 Å². The van der Waals surface area contributed by atoms with Crippen molar-refractivity contribution in [3.05, 3.63) is 65.2 Å². The summed E-state index contributed by atoms with van der Waals surface area (Å²) >= 11 is 0. The predicted molar refractivity (Wildman–Crippen MR) is 96.8 cm³/mol. The molecule has 1 N–H and O–H groups in total. The summed E-state index contributed by atoms with van der Waals surface area (Å²) in [5.74, 6) is -0.246. The summed E-state index contributed by atoms with van der Waals surface area (Å²) in [5, 5.41) is 2.86. The average molecular weight is 346 g/mol. The monoisotopic (exact) mass is 346 g/mol. The lowest BCUT2D eigenvalue weighted by molar-refractivity contribution is 0.102. The SMILES string of the molecule is CN(C)Cc1cccc(NC(=O)c2ccc(CS(C)(=O)=O)cc2)c1. The number of carbonyl (C=O) groups excluding carboxylic acids is 1. The third-order valence-electron chi connectivity index (χ3n) is 3.33. The van der Waals surface area contributed by atoms with E-state index in [0.717, 1.165) is 17.8 Å². The van der Waals surface area contributed by atoms with Crippen LogP contribution in [0.25, 0.3) is 0 Å². The molecule has 1 amide bonds. The topological polar surface area (TPSA) is 66.5 Å². The summed E-state index contributed by atoms with van der Waals surface area (Å²) in [7, 11) is 0.901. The number of hydrogen-bond acceptors (Lipinski definition) is 4. The Hall–Kier alpha value is -2.18. The zero-order chi connectivity index (χ0) is 17.7. The van der Waals surface area contributed by atoms with E-state index in [2.05, 4.69) is 10.2 Å². The van der Waals surface area contributed by atoms with E-state index in [-0.39, 0.29) is 11.7 Å². The van der Waals surface area contributed by atoms with Crippen LogP contribution in [0.5, 0.6) is 0 Å². The smallest absolute Gasteiger partial charge is 0.255 e. The zero-order valence-corrected chi connectivity index (χ0v) is 14.9. The normalized spacial score (nSPS) is 11.5. The molecule has 0 unspecified atom stereocenters. The molecule has 0 saturated heterocycles. The Balaban J connectivity index is 2.07. The van der Waals surface area contributed by atoms with Gasteiger partial charge in [-0.1, -0.05) is 24.3 Å². The second-order valence-corrected chi connectivity index (χ2v) is 8.30. The average Bonchev–Trinajstić information content (AvgIpc) is 2.46. The Morgan fingerprint density at radius 1 is 1.04 bits per heavy atom.